The van der Waals surface area contributed by atoms with Crippen molar-refractivity contribution in [2.45, 2.75) is 55.7 Å². The van der Waals surface area contributed by atoms with Crippen molar-refractivity contribution in [3.8, 4) is 0 Å². The van der Waals surface area contributed by atoms with E-state index in [1.54, 1.807) is 4.90 Å². The van der Waals surface area contributed by atoms with Crippen LogP contribution in [0.5, 0.6) is 0 Å². The molecule has 0 aliphatic carbocycles. The monoisotopic (exact) mass is 519 g/mol. The number of benzene rings is 2. The molecule has 1 heterocycles. The molecule has 1 aliphatic heterocycles. The molecule has 1 N–H and O–H groups in total. The van der Waals surface area contributed by atoms with Crippen LogP contribution in [0, 0.1) is 5.41 Å². The molecule has 1 amide bonds. The minimum Gasteiger partial charge on any atom is -0.449 e. The van der Waals surface area contributed by atoms with Crippen molar-refractivity contribution in [1.29, 1.82) is 5.41 Å². The molecule has 0 spiro atoms. The molecule has 35 heavy (non-hydrogen) atoms. The Balaban J connectivity index is 1.71. The van der Waals surface area contributed by atoms with Gasteiger partial charge in [-0.25, -0.2) is 4.79 Å². The molecule has 1 aliphatic rings. The smallest absolute Gasteiger partial charge is 0.410 e. The minimum absolute atomic E-state index is 0.141. The van der Waals surface area contributed by atoms with Crippen molar-refractivity contribution in [3.05, 3.63) is 82.2 Å². The van der Waals surface area contributed by atoms with Crippen LogP contribution in [-0.2, 0) is 27.4 Å². The second-order valence-electron chi connectivity index (χ2n) is 8.22. The van der Waals surface area contributed by atoms with Crippen LogP contribution in [0.3, 0.4) is 0 Å². The van der Waals surface area contributed by atoms with Gasteiger partial charge in [-0.3, -0.25) is 5.41 Å². The van der Waals surface area contributed by atoms with E-state index in [9.17, 15) is 4.79 Å². The van der Waals surface area contributed by atoms with Gasteiger partial charge in [0.05, 0.1) is 18.7 Å². The van der Waals surface area contributed by atoms with E-state index >= 15 is 0 Å². The van der Waals surface area contributed by atoms with Crippen LogP contribution in [-0.4, -0.2) is 46.2 Å². The van der Waals surface area contributed by atoms with Gasteiger partial charge in [0.1, 0.15) is 6.61 Å². The van der Waals surface area contributed by atoms with Gasteiger partial charge in [0.25, 0.3) is 0 Å². The number of nitrogens with one attached hydrogen (secondary N) is 1. The molecule has 9 nitrogen and oxygen atoms in total. The van der Waals surface area contributed by atoms with E-state index in [1.807, 2.05) is 60.7 Å². The van der Waals surface area contributed by atoms with Crippen molar-refractivity contribution in [1.82, 2.24) is 4.90 Å². The van der Waals surface area contributed by atoms with Gasteiger partial charge in [0.2, 0.25) is 12.2 Å². The molecule has 3 rings (SSSR count). The van der Waals surface area contributed by atoms with E-state index in [-0.39, 0.29) is 13.2 Å². The molecule has 0 bridgehead atoms. The predicted octanol–water partition coefficient (Wildman–Crippen LogP) is 6.20. The number of hydrogen-bond donors (Lipinski definition) is 1. The second-order valence-corrected chi connectivity index (χ2v) is 9.92. The van der Waals surface area contributed by atoms with Crippen molar-refractivity contribution >= 4 is 35.2 Å². The van der Waals surface area contributed by atoms with Crippen LogP contribution < -0.4 is 0 Å². The lowest BCUT2D eigenvalue weighted by atomic mass is 10.0. The molecule has 186 valence electrons. The van der Waals surface area contributed by atoms with Crippen LogP contribution in [0.15, 0.2) is 65.8 Å². The molecule has 1 fully saturated rings. The number of carbonyl (C=O) groups excluding carboxylic acids is 1. The summed E-state index contributed by atoms with van der Waals surface area (Å²) < 4.78 is 15.5. The van der Waals surface area contributed by atoms with Gasteiger partial charge in [-0.05, 0) is 36.4 Å². The summed E-state index contributed by atoms with van der Waals surface area (Å²) in [4.78, 5) is 17.4. The molecular formula is C24H27Cl2N5O4. The fraction of sp³-hybridized carbons (Fsp3) is 0.417. The van der Waals surface area contributed by atoms with Gasteiger partial charge in [-0.2, -0.15) is 0 Å². The summed E-state index contributed by atoms with van der Waals surface area (Å²) in [5, 5.41) is 11.7. The zero-order valence-corrected chi connectivity index (χ0v) is 20.7. The Kier molecular flexibility index (Phi) is 9.63. The largest absolute Gasteiger partial charge is 0.449 e. The highest BCUT2D eigenvalue weighted by Gasteiger charge is 2.37. The molecule has 0 saturated carbocycles. The van der Waals surface area contributed by atoms with Gasteiger partial charge in [-0.15, -0.1) is 0 Å². The summed E-state index contributed by atoms with van der Waals surface area (Å²) in [5.41, 5.74) is 10.7. The number of alkyl halides is 2. The van der Waals surface area contributed by atoms with E-state index in [0.717, 1.165) is 11.1 Å². The topological polar surface area (TPSA) is 121 Å². The van der Waals surface area contributed by atoms with Crippen molar-refractivity contribution in [3.63, 3.8) is 0 Å². The molecule has 0 aromatic heterocycles. The molecule has 3 atom stereocenters. The maximum absolute atomic E-state index is 13.0. The molecule has 1 saturated heterocycles. The predicted molar refractivity (Wildman–Crippen MR) is 133 cm³/mol. The van der Waals surface area contributed by atoms with Crippen LogP contribution in [0.4, 0.5) is 4.79 Å². The third kappa shape index (κ3) is 8.33. The third-order valence-corrected chi connectivity index (χ3v) is 5.70. The van der Waals surface area contributed by atoms with Crippen molar-refractivity contribution < 1.29 is 19.0 Å². The fourth-order valence-corrected chi connectivity index (χ4v) is 3.63. The summed E-state index contributed by atoms with van der Waals surface area (Å²) in [6.07, 6.45) is -1.06. The van der Waals surface area contributed by atoms with Gasteiger partial charge in [-0.1, -0.05) is 89.0 Å². The first kappa shape index (κ1) is 26.6. The lowest BCUT2D eigenvalue weighted by Crippen LogP contribution is -2.47. The van der Waals surface area contributed by atoms with Crippen LogP contribution >= 0.6 is 23.2 Å². The molecule has 0 radical (unpaired) electrons. The van der Waals surface area contributed by atoms with Crippen molar-refractivity contribution in [2.24, 2.45) is 5.11 Å². The highest BCUT2D eigenvalue weighted by atomic mass is 35.5. The Labute approximate surface area is 214 Å². The lowest BCUT2D eigenvalue weighted by molar-refractivity contribution is -0.168. The number of carbonyl (C=O) groups is 1. The van der Waals surface area contributed by atoms with Crippen molar-refractivity contribution in [2.75, 3.05) is 6.54 Å². The first-order valence-corrected chi connectivity index (χ1v) is 11.8. The average Bonchev–Trinajstić information content (AvgIpc) is 2.84. The number of azide groups is 1. The Hall–Kier alpha value is -2.97. The maximum atomic E-state index is 13.0. The molecule has 2 aromatic carbocycles. The molecule has 11 heteroatoms. The lowest BCUT2D eigenvalue weighted by Gasteiger charge is -2.37. The number of rotatable bonds is 9. The summed E-state index contributed by atoms with van der Waals surface area (Å²) >= 11 is 11.9. The Morgan fingerprint density at radius 1 is 1.17 bits per heavy atom. The third-order valence-electron chi connectivity index (χ3n) is 5.36. The first-order valence-electron chi connectivity index (χ1n) is 11.1. The first-order chi connectivity index (χ1) is 16.8. The highest BCUT2D eigenvalue weighted by Crippen LogP contribution is 2.29. The highest BCUT2D eigenvalue weighted by molar-refractivity contribution is 6.57. The standard InChI is InChI=1S/C24H27Cl2N5O4/c1-24(25,26)22(27)35-21-20(29-30-28)13-12-19(34-21)15-31(14-17-8-4-2-5-9-17)23(32)33-16-18-10-6-3-7-11-18/h2-11,19-21,27H,12-16H2,1H3. The molecule has 2 aromatic rings. The van der Waals surface area contributed by atoms with Gasteiger partial charge in [0, 0.05) is 11.5 Å². The number of amides is 1. The number of nitrogens with zero attached hydrogens (tertiary/aromatic N) is 4. The van der Waals surface area contributed by atoms with Crippen LogP contribution in [0.1, 0.15) is 30.9 Å². The Bertz CT molecular complexity index is 1030. The van der Waals surface area contributed by atoms with Gasteiger partial charge < -0.3 is 19.1 Å². The zero-order chi connectivity index (χ0) is 25.3. The quantitative estimate of drug-likeness (QED) is 0.106. The number of halogens is 2. The van der Waals surface area contributed by atoms with Crippen LogP contribution in [0.25, 0.3) is 10.4 Å². The summed E-state index contributed by atoms with van der Waals surface area (Å²) in [6.45, 7) is 2.06. The average molecular weight is 520 g/mol. The number of hydrogen-bond acceptors (Lipinski definition) is 6. The molecular weight excluding hydrogens is 493 g/mol. The minimum atomic E-state index is -1.57. The van der Waals surface area contributed by atoms with E-state index in [2.05, 4.69) is 10.0 Å². The zero-order valence-electron chi connectivity index (χ0n) is 19.2. The van der Waals surface area contributed by atoms with Crippen LogP contribution in [0.2, 0.25) is 0 Å². The Morgan fingerprint density at radius 2 is 1.80 bits per heavy atom. The molecule has 3 unspecified atom stereocenters. The fourth-order valence-electron chi connectivity index (χ4n) is 3.54. The summed E-state index contributed by atoms with van der Waals surface area (Å²) in [6, 6.07) is 18.3. The summed E-state index contributed by atoms with van der Waals surface area (Å²) in [7, 11) is 0. The maximum Gasteiger partial charge on any atom is 0.410 e. The van der Waals surface area contributed by atoms with E-state index in [4.69, 9.17) is 48.4 Å². The van der Waals surface area contributed by atoms with E-state index < -0.39 is 34.8 Å². The van der Waals surface area contributed by atoms with E-state index in [1.165, 1.54) is 6.92 Å². The second kappa shape index (κ2) is 12.7. The van der Waals surface area contributed by atoms with Gasteiger partial charge >= 0.3 is 6.09 Å². The van der Waals surface area contributed by atoms with E-state index in [0.29, 0.717) is 19.4 Å². The number of ether oxygens (including phenoxy) is 3. The Morgan fingerprint density at radius 3 is 2.40 bits per heavy atom. The summed E-state index contributed by atoms with van der Waals surface area (Å²) in [5.74, 6) is -0.423. The SMILES string of the molecule is CC(Cl)(Cl)C(=N)OC1OC(CN(Cc2ccccc2)C(=O)OCc2ccccc2)CCC1N=[N+]=[N-]. The normalized spacial score (nSPS) is 19.8. The van der Waals surface area contributed by atoms with Gasteiger partial charge in [0.15, 0.2) is 4.33 Å².